The average molecular weight is 241 g/mol. The third-order valence-electron chi connectivity index (χ3n) is 3.31. The third kappa shape index (κ3) is 1.68. The second-order valence-corrected chi connectivity index (χ2v) is 4.55. The zero-order valence-corrected chi connectivity index (χ0v) is 10.7. The number of aromatic nitrogens is 5. The van der Waals surface area contributed by atoms with Crippen LogP contribution in [0.1, 0.15) is 22.8 Å². The molecule has 5 heteroatoms. The molecule has 1 N–H and O–H groups in total. The molecule has 5 nitrogen and oxygen atoms in total. The quantitative estimate of drug-likeness (QED) is 0.747. The van der Waals surface area contributed by atoms with Crippen molar-refractivity contribution in [2.45, 2.75) is 27.3 Å². The number of imidazole rings is 2. The molecule has 0 unspecified atom stereocenters. The first-order valence-corrected chi connectivity index (χ1v) is 5.93. The zero-order valence-electron chi connectivity index (χ0n) is 10.7. The summed E-state index contributed by atoms with van der Waals surface area (Å²) >= 11 is 0. The van der Waals surface area contributed by atoms with Gasteiger partial charge in [-0.3, -0.25) is 0 Å². The predicted molar refractivity (Wildman–Crippen MR) is 69.4 cm³/mol. The van der Waals surface area contributed by atoms with Crippen molar-refractivity contribution in [1.82, 2.24) is 24.5 Å². The van der Waals surface area contributed by atoms with E-state index in [0.717, 1.165) is 28.2 Å². The van der Waals surface area contributed by atoms with Gasteiger partial charge in [0, 0.05) is 11.9 Å². The standard InChI is InChI=1S/C13H15N5/c1-8-4-5-14-13-12(8)16-11(17-13)6-18-7-15-9(2)10(18)3/h4-5,7H,6H2,1-3H3,(H,14,16,17). The molecule has 0 fully saturated rings. The number of hydrogen-bond donors (Lipinski definition) is 1. The molecule has 0 saturated carbocycles. The van der Waals surface area contributed by atoms with Gasteiger partial charge in [0.15, 0.2) is 5.65 Å². The van der Waals surface area contributed by atoms with Crippen LogP contribution in [0.4, 0.5) is 0 Å². The molecule has 0 aliphatic rings. The van der Waals surface area contributed by atoms with E-state index in [2.05, 4.69) is 38.4 Å². The molecule has 0 radical (unpaired) electrons. The zero-order chi connectivity index (χ0) is 12.7. The van der Waals surface area contributed by atoms with Crippen molar-refractivity contribution in [3.8, 4) is 0 Å². The van der Waals surface area contributed by atoms with Crippen LogP contribution in [0.15, 0.2) is 18.6 Å². The SMILES string of the molecule is Cc1ncn(Cc2nc3nccc(C)c3[nH]2)c1C. The number of fused-ring (bicyclic) bond motifs is 1. The fourth-order valence-corrected chi connectivity index (χ4v) is 2.02. The van der Waals surface area contributed by atoms with Crippen molar-refractivity contribution < 1.29 is 0 Å². The Hall–Kier alpha value is -2.17. The van der Waals surface area contributed by atoms with Crippen LogP contribution in [0.5, 0.6) is 0 Å². The number of pyridine rings is 1. The molecule has 3 aromatic rings. The molecule has 3 heterocycles. The first-order chi connectivity index (χ1) is 8.65. The van der Waals surface area contributed by atoms with Crippen LogP contribution < -0.4 is 0 Å². The maximum Gasteiger partial charge on any atom is 0.178 e. The Morgan fingerprint density at radius 1 is 1.22 bits per heavy atom. The number of rotatable bonds is 2. The van der Waals surface area contributed by atoms with Gasteiger partial charge in [-0.2, -0.15) is 0 Å². The monoisotopic (exact) mass is 241 g/mol. The molecule has 18 heavy (non-hydrogen) atoms. The van der Waals surface area contributed by atoms with E-state index in [9.17, 15) is 0 Å². The molecule has 0 aliphatic carbocycles. The van der Waals surface area contributed by atoms with Crippen LogP contribution in [-0.2, 0) is 6.54 Å². The van der Waals surface area contributed by atoms with E-state index in [1.54, 1.807) is 6.20 Å². The minimum Gasteiger partial charge on any atom is -0.339 e. The topological polar surface area (TPSA) is 59.4 Å². The maximum atomic E-state index is 4.50. The van der Waals surface area contributed by atoms with Crippen LogP contribution in [0.2, 0.25) is 0 Å². The van der Waals surface area contributed by atoms with Gasteiger partial charge in [-0.15, -0.1) is 0 Å². The second-order valence-electron chi connectivity index (χ2n) is 4.55. The normalized spacial score (nSPS) is 11.3. The summed E-state index contributed by atoms with van der Waals surface area (Å²) in [6, 6.07) is 1.98. The highest BCUT2D eigenvalue weighted by Crippen LogP contribution is 2.14. The van der Waals surface area contributed by atoms with Crippen molar-refractivity contribution in [1.29, 1.82) is 0 Å². The van der Waals surface area contributed by atoms with Gasteiger partial charge in [-0.25, -0.2) is 15.0 Å². The maximum absolute atomic E-state index is 4.50. The lowest BCUT2D eigenvalue weighted by molar-refractivity contribution is 0.734. The van der Waals surface area contributed by atoms with Crippen LogP contribution in [0.3, 0.4) is 0 Å². The average Bonchev–Trinajstić information content (AvgIpc) is 2.89. The minimum absolute atomic E-state index is 0.697. The fourth-order valence-electron chi connectivity index (χ4n) is 2.02. The van der Waals surface area contributed by atoms with Gasteiger partial charge >= 0.3 is 0 Å². The van der Waals surface area contributed by atoms with Crippen molar-refractivity contribution >= 4 is 11.2 Å². The van der Waals surface area contributed by atoms with Crippen LogP contribution >= 0.6 is 0 Å². The van der Waals surface area contributed by atoms with Crippen molar-refractivity contribution in [3.63, 3.8) is 0 Å². The Morgan fingerprint density at radius 3 is 2.72 bits per heavy atom. The highest BCUT2D eigenvalue weighted by Gasteiger charge is 2.08. The van der Waals surface area contributed by atoms with Crippen molar-refractivity contribution in [2.75, 3.05) is 0 Å². The molecular formula is C13H15N5. The summed E-state index contributed by atoms with van der Waals surface area (Å²) in [5.41, 5.74) is 5.18. The molecule has 0 aliphatic heterocycles. The van der Waals surface area contributed by atoms with Crippen LogP contribution in [0, 0.1) is 20.8 Å². The van der Waals surface area contributed by atoms with Crippen LogP contribution in [-0.4, -0.2) is 24.5 Å². The van der Waals surface area contributed by atoms with Gasteiger partial charge in [-0.05, 0) is 32.4 Å². The number of nitrogens with one attached hydrogen (secondary N) is 1. The molecule has 92 valence electrons. The lowest BCUT2D eigenvalue weighted by Crippen LogP contribution is -2.02. The van der Waals surface area contributed by atoms with Gasteiger partial charge < -0.3 is 9.55 Å². The molecule has 0 amide bonds. The first-order valence-electron chi connectivity index (χ1n) is 5.93. The minimum atomic E-state index is 0.697. The molecule has 0 aromatic carbocycles. The van der Waals surface area contributed by atoms with Crippen molar-refractivity contribution in [2.24, 2.45) is 0 Å². The van der Waals surface area contributed by atoms with E-state index < -0.39 is 0 Å². The summed E-state index contributed by atoms with van der Waals surface area (Å²) in [5, 5.41) is 0. The summed E-state index contributed by atoms with van der Waals surface area (Å²) in [6.07, 6.45) is 3.63. The van der Waals surface area contributed by atoms with Crippen molar-refractivity contribution in [3.05, 3.63) is 41.4 Å². The van der Waals surface area contributed by atoms with E-state index in [-0.39, 0.29) is 0 Å². The smallest absolute Gasteiger partial charge is 0.178 e. The molecule has 3 rings (SSSR count). The molecule has 0 saturated heterocycles. The number of nitrogens with zero attached hydrogens (tertiary/aromatic N) is 4. The number of hydrogen-bond acceptors (Lipinski definition) is 3. The van der Waals surface area contributed by atoms with E-state index in [1.165, 1.54) is 5.69 Å². The third-order valence-corrected chi connectivity index (χ3v) is 3.31. The Kier molecular flexibility index (Phi) is 2.40. The van der Waals surface area contributed by atoms with Gasteiger partial charge in [0.1, 0.15) is 5.82 Å². The molecular weight excluding hydrogens is 226 g/mol. The number of aromatic amines is 1. The lowest BCUT2D eigenvalue weighted by atomic mass is 10.3. The lowest BCUT2D eigenvalue weighted by Gasteiger charge is -2.01. The molecule has 0 spiro atoms. The summed E-state index contributed by atoms with van der Waals surface area (Å²) in [7, 11) is 0. The summed E-state index contributed by atoms with van der Waals surface area (Å²) in [5.74, 6) is 0.910. The van der Waals surface area contributed by atoms with Gasteiger partial charge in [0.05, 0.1) is 24.1 Å². The second kappa shape index (κ2) is 3.94. The summed E-state index contributed by atoms with van der Waals surface area (Å²) in [4.78, 5) is 16.4. The van der Waals surface area contributed by atoms with Gasteiger partial charge in [-0.1, -0.05) is 0 Å². The number of H-pyrrole nitrogens is 1. The Labute approximate surface area is 105 Å². The fraction of sp³-hybridized carbons (Fsp3) is 0.308. The highest BCUT2D eigenvalue weighted by molar-refractivity contribution is 5.74. The van der Waals surface area contributed by atoms with Crippen LogP contribution in [0.25, 0.3) is 11.2 Å². The van der Waals surface area contributed by atoms with E-state index in [1.807, 2.05) is 19.3 Å². The Balaban J connectivity index is 2.00. The Morgan fingerprint density at radius 2 is 2.06 bits per heavy atom. The highest BCUT2D eigenvalue weighted by atomic mass is 15.1. The molecule has 3 aromatic heterocycles. The van der Waals surface area contributed by atoms with E-state index >= 15 is 0 Å². The van der Waals surface area contributed by atoms with Gasteiger partial charge in [0.25, 0.3) is 0 Å². The predicted octanol–water partition coefficient (Wildman–Crippen LogP) is 2.13. The van der Waals surface area contributed by atoms with E-state index in [4.69, 9.17) is 0 Å². The summed E-state index contributed by atoms with van der Waals surface area (Å²) < 4.78 is 2.09. The Bertz CT molecular complexity index is 707. The summed E-state index contributed by atoms with van der Waals surface area (Å²) in [6.45, 7) is 6.83. The number of aryl methyl sites for hydroxylation is 2. The molecule has 0 bridgehead atoms. The first kappa shape index (κ1) is 11.0. The van der Waals surface area contributed by atoms with Gasteiger partial charge in [0.2, 0.25) is 0 Å². The molecule has 0 atom stereocenters. The largest absolute Gasteiger partial charge is 0.339 e. The van der Waals surface area contributed by atoms with E-state index in [0.29, 0.717) is 6.54 Å².